The molecule has 0 spiro atoms. The lowest BCUT2D eigenvalue weighted by molar-refractivity contribution is 0.202. The zero-order chi connectivity index (χ0) is 13.9. The van der Waals surface area contributed by atoms with Gasteiger partial charge in [0.05, 0.1) is 16.8 Å². The Balaban J connectivity index is 2.24. The molecule has 0 aliphatic heterocycles. The Morgan fingerprint density at radius 3 is 2.21 bits per heavy atom. The van der Waals surface area contributed by atoms with Crippen LogP contribution in [0.1, 0.15) is 11.7 Å². The van der Waals surface area contributed by atoms with Gasteiger partial charge in [-0.05, 0) is 18.2 Å². The first-order chi connectivity index (χ1) is 9.00. The first kappa shape index (κ1) is 14.1. The second-order valence-electron chi connectivity index (χ2n) is 4.13. The number of rotatable bonds is 4. The van der Waals surface area contributed by atoms with E-state index >= 15 is 0 Å². The van der Waals surface area contributed by atoms with Crippen LogP contribution in [0.15, 0.2) is 59.5 Å². The Morgan fingerprint density at radius 2 is 1.58 bits per heavy atom. The zero-order valence-electron chi connectivity index (χ0n) is 10.0. The van der Waals surface area contributed by atoms with Gasteiger partial charge < -0.3 is 5.11 Å². The van der Waals surface area contributed by atoms with Gasteiger partial charge in [0.25, 0.3) is 0 Å². The minimum Gasteiger partial charge on any atom is -0.387 e. The quantitative estimate of drug-likeness (QED) is 0.944. The maximum Gasteiger partial charge on any atom is 0.181 e. The summed E-state index contributed by atoms with van der Waals surface area (Å²) in [6.45, 7) is 0. The van der Waals surface area contributed by atoms with Crippen LogP contribution >= 0.6 is 11.6 Å². The normalized spacial score (nSPS) is 13.2. The predicted octanol–water partition coefficient (Wildman–Crippen LogP) is 2.85. The number of benzene rings is 2. The van der Waals surface area contributed by atoms with E-state index < -0.39 is 15.9 Å². The van der Waals surface area contributed by atoms with Gasteiger partial charge in [-0.2, -0.15) is 0 Å². The maximum absolute atomic E-state index is 12.1. The van der Waals surface area contributed by atoms with E-state index in [-0.39, 0.29) is 10.6 Å². The predicted molar refractivity (Wildman–Crippen MR) is 74.9 cm³/mol. The van der Waals surface area contributed by atoms with Gasteiger partial charge in [-0.15, -0.1) is 0 Å². The highest BCUT2D eigenvalue weighted by Crippen LogP contribution is 2.25. The van der Waals surface area contributed by atoms with E-state index in [0.29, 0.717) is 10.6 Å². The molecule has 0 radical (unpaired) electrons. The van der Waals surface area contributed by atoms with Crippen LogP contribution in [0, 0.1) is 0 Å². The minimum atomic E-state index is -3.53. The molecule has 0 aliphatic rings. The molecule has 100 valence electrons. The van der Waals surface area contributed by atoms with E-state index in [2.05, 4.69) is 0 Å². The summed E-state index contributed by atoms with van der Waals surface area (Å²) in [5.74, 6) is -0.388. The first-order valence-electron chi connectivity index (χ1n) is 5.71. The fraction of sp³-hybridized carbons (Fsp3) is 0.143. The summed E-state index contributed by atoms with van der Waals surface area (Å²) in [4.78, 5) is 0.195. The summed E-state index contributed by atoms with van der Waals surface area (Å²) < 4.78 is 24.2. The monoisotopic (exact) mass is 296 g/mol. The zero-order valence-corrected chi connectivity index (χ0v) is 11.6. The fourth-order valence-corrected chi connectivity index (χ4v) is 3.39. The SMILES string of the molecule is O=S(=O)(C[C@@H](O)c1ccccc1Cl)c1ccccc1. The van der Waals surface area contributed by atoms with Crippen LogP contribution in [0.25, 0.3) is 0 Å². The maximum atomic E-state index is 12.1. The Bertz CT molecular complexity index is 653. The lowest BCUT2D eigenvalue weighted by atomic mass is 10.1. The van der Waals surface area contributed by atoms with Gasteiger partial charge in [0.15, 0.2) is 9.84 Å². The number of sulfone groups is 1. The largest absolute Gasteiger partial charge is 0.387 e. The van der Waals surface area contributed by atoms with Gasteiger partial charge in [0.2, 0.25) is 0 Å². The highest BCUT2D eigenvalue weighted by atomic mass is 35.5. The molecule has 19 heavy (non-hydrogen) atoms. The van der Waals surface area contributed by atoms with E-state index in [1.807, 2.05) is 0 Å². The molecule has 0 unspecified atom stereocenters. The van der Waals surface area contributed by atoms with Gasteiger partial charge in [-0.25, -0.2) is 8.42 Å². The van der Waals surface area contributed by atoms with Gasteiger partial charge in [0, 0.05) is 10.6 Å². The smallest absolute Gasteiger partial charge is 0.181 e. The minimum absolute atomic E-state index is 0.195. The van der Waals surface area contributed by atoms with Crippen molar-refractivity contribution in [2.45, 2.75) is 11.0 Å². The van der Waals surface area contributed by atoms with Crippen LogP contribution in [-0.2, 0) is 9.84 Å². The van der Waals surface area contributed by atoms with Gasteiger partial charge in [0.1, 0.15) is 0 Å². The third kappa shape index (κ3) is 3.35. The van der Waals surface area contributed by atoms with Crippen LogP contribution < -0.4 is 0 Å². The van der Waals surface area contributed by atoms with Crippen molar-refractivity contribution >= 4 is 21.4 Å². The highest BCUT2D eigenvalue weighted by molar-refractivity contribution is 7.91. The van der Waals surface area contributed by atoms with Gasteiger partial charge >= 0.3 is 0 Å². The van der Waals surface area contributed by atoms with Crippen LogP contribution in [0.5, 0.6) is 0 Å². The average Bonchev–Trinajstić information content (AvgIpc) is 2.39. The van der Waals surface area contributed by atoms with E-state index in [4.69, 9.17) is 11.6 Å². The van der Waals surface area contributed by atoms with Crippen molar-refractivity contribution < 1.29 is 13.5 Å². The molecule has 0 saturated carbocycles. The molecule has 5 heteroatoms. The van der Waals surface area contributed by atoms with Crippen molar-refractivity contribution in [3.05, 3.63) is 65.2 Å². The molecule has 0 bridgehead atoms. The summed E-state index contributed by atoms with van der Waals surface area (Å²) in [7, 11) is -3.53. The summed E-state index contributed by atoms with van der Waals surface area (Å²) in [6, 6.07) is 14.7. The molecule has 2 aromatic carbocycles. The van der Waals surface area contributed by atoms with Crippen LogP contribution in [-0.4, -0.2) is 19.3 Å². The molecule has 0 aliphatic carbocycles. The molecular formula is C14H13ClO3S. The lowest BCUT2D eigenvalue weighted by Gasteiger charge is -2.13. The van der Waals surface area contributed by atoms with Gasteiger partial charge in [-0.3, -0.25) is 0 Å². The molecule has 2 rings (SSSR count). The van der Waals surface area contributed by atoms with Crippen LogP contribution in [0.4, 0.5) is 0 Å². The second-order valence-corrected chi connectivity index (χ2v) is 6.57. The number of hydrogen-bond acceptors (Lipinski definition) is 3. The fourth-order valence-electron chi connectivity index (χ4n) is 1.77. The third-order valence-electron chi connectivity index (χ3n) is 2.74. The number of halogens is 1. The van der Waals surface area contributed by atoms with Crippen LogP contribution in [0.3, 0.4) is 0 Å². The van der Waals surface area contributed by atoms with Crippen molar-refractivity contribution in [2.24, 2.45) is 0 Å². The van der Waals surface area contributed by atoms with Gasteiger partial charge in [-0.1, -0.05) is 48.0 Å². The summed E-state index contributed by atoms with van der Waals surface area (Å²) >= 11 is 5.94. The Morgan fingerprint density at radius 1 is 1.00 bits per heavy atom. The summed E-state index contributed by atoms with van der Waals surface area (Å²) in [6.07, 6.45) is -1.14. The van der Waals surface area contributed by atoms with Crippen molar-refractivity contribution in [3.63, 3.8) is 0 Å². The summed E-state index contributed by atoms with van der Waals surface area (Å²) in [5, 5.41) is 10.4. The molecular weight excluding hydrogens is 284 g/mol. The first-order valence-corrected chi connectivity index (χ1v) is 7.74. The standard InChI is InChI=1S/C14H13ClO3S/c15-13-9-5-4-8-12(13)14(16)10-19(17,18)11-6-2-1-3-7-11/h1-9,14,16H,10H2/t14-/m1/s1. The van der Waals surface area contributed by atoms with E-state index in [0.717, 1.165) is 0 Å². The van der Waals surface area contributed by atoms with E-state index in [1.165, 1.54) is 12.1 Å². The van der Waals surface area contributed by atoms with Crippen molar-refractivity contribution in [1.29, 1.82) is 0 Å². The molecule has 3 nitrogen and oxygen atoms in total. The average molecular weight is 297 g/mol. The molecule has 1 atom stereocenters. The number of aliphatic hydroxyl groups excluding tert-OH is 1. The molecule has 0 heterocycles. The molecule has 2 aromatic rings. The van der Waals surface area contributed by atoms with E-state index in [9.17, 15) is 13.5 Å². The molecule has 0 aromatic heterocycles. The summed E-state index contributed by atoms with van der Waals surface area (Å²) in [5.41, 5.74) is 0.420. The molecule has 1 N–H and O–H groups in total. The number of aliphatic hydroxyl groups is 1. The molecule has 0 amide bonds. The van der Waals surface area contributed by atoms with Crippen molar-refractivity contribution in [3.8, 4) is 0 Å². The Labute approximate surface area is 117 Å². The van der Waals surface area contributed by atoms with Crippen LogP contribution in [0.2, 0.25) is 5.02 Å². The lowest BCUT2D eigenvalue weighted by Crippen LogP contribution is -2.15. The second kappa shape index (κ2) is 5.74. The molecule has 0 saturated heterocycles. The van der Waals surface area contributed by atoms with Crippen molar-refractivity contribution in [1.82, 2.24) is 0 Å². The van der Waals surface area contributed by atoms with Crippen molar-refractivity contribution in [2.75, 3.05) is 5.75 Å². The number of hydrogen-bond donors (Lipinski definition) is 1. The Kier molecular flexibility index (Phi) is 4.24. The van der Waals surface area contributed by atoms with E-state index in [1.54, 1.807) is 42.5 Å². The Hall–Kier alpha value is -1.36. The highest BCUT2D eigenvalue weighted by Gasteiger charge is 2.21. The molecule has 0 fully saturated rings. The topological polar surface area (TPSA) is 54.4 Å². The third-order valence-corrected chi connectivity index (χ3v) is 4.83.